The molecule has 17 heavy (non-hydrogen) atoms. The molecule has 0 spiro atoms. The Labute approximate surface area is 96.7 Å². The van der Waals surface area contributed by atoms with Crippen LogP contribution in [-0.2, 0) is 13.1 Å². The number of nitrogens with zero attached hydrogens (tertiary/aromatic N) is 5. The minimum atomic E-state index is 0.393. The maximum atomic E-state index is 5.47. The zero-order valence-electron chi connectivity index (χ0n) is 9.04. The summed E-state index contributed by atoms with van der Waals surface area (Å²) in [5.41, 5.74) is 8.05. The molecule has 0 aliphatic rings. The average Bonchev–Trinajstić information content (AvgIpc) is 2.94. The molecule has 7 nitrogen and oxygen atoms in total. The summed E-state index contributed by atoms with van der Waals surface area (Å²) in [7, 11) is 0. The van der Waals surface area contributed by atoms with Crippen LogP contribution in [0.5, 0.6) is 0 Å². The highest BCUT2D eigenvalue weighted by molar-refractivity contribution is 5.73. The molecule has 3 rings (SSSR count). The van der Waals surface area contributed by atoms with Crippen molar-refractivity contribution >= 4 is 11.0 Å². The van der Waals surface area contributed by atoms with Crippen LogP contribution in [0, 0.1) is 0 Å². The highest BCUT2D eigenvalue weighted by Gasteiger charge is 2.04. The molecule has 0 aliphatic heterocycles. The number of imidazole rings is 1. The second kappa shape index (κ2) is 3.95. The number of hydrogen-bond donors (Lipinski definition) is 2. The van der Waals surface area contributed by atoms with Crippen LogP contribution in [-0.4, -0.2) is 29.9 Å². The second-order valence-electron chi connectivity index (χ2n) is 3.69. The lowest BCUT2D eigenvalue weighted by Crippen LogP contribution is -2.02. The van der Waals surface area contributed by atoms with Crippen molar-refractivity contribution < 1.29 is 0 Å². The first-order valence-electron chi connectivity index (χ1n) is 5.23. The Hall–Kier alpha value is -2.28. The van der Waals surface area contributed by atoms with E-state index in [1.807, 2.05) is 12.3 Å². The maximum absolute atomic E-state index is 5.47. The van der Waals surface area contributed by atoms with Crippen molar-refractivity contribution in [1.29, 1.82) is 0 Å². The summed E-state index contributed by atoms with van der Waals surface area (Å²) in [5, 5.41) is 7.88. The lowest BCUT2D eigenvalue weighted by atomic mass is 10.4. The van der Waals surface area contributed by atoms with Crippen molar-refractivity contribution in [3.05, 3.63) is 36.2 Å². The first-order valence-corrected chi connectivity index (χ1v) is 5.23. The third-order valence-electron chi connectivity index (χ3n) is 2.44. The van der Waals surface area contributed by atoms with E-state index in [0.29, 0.717) is 13.1 Å². The van der Waals surface area contributed by atoms with Gasteiger partial charge in [-0.3, -0.25) is 4.98 Å². The van der Waals surface area contributed by atoms with Crippen LogP contribution in [0.25, 0.3) is 11.0 Å². The highest BCUT2D eigenvalue weighted by atomic mass is 15.4. The number of rotatable bonds is 3. The summed E-state index contributed by atoms with van der Waals surface area (Å²) in [6.45, 7) is 0.936. The van der Waals surface area contributed by atoms with E-state index in [4.69, 9.17) is 5.73 Å². The molecule has 0 atom stereocenters. The van der Waals surface area contributed by atoms with Crippen molar-refractivity contribution in [1.82, 2.24) is 29.9 Å². The van der Waals surface area contributed by atoms with E-state index in [1.54, 1.807) is 17.1 Å². The SMILES string of the molecule is NCc1cn(Cc2nc3ccncc3[nH]2)nn1. The van der Waals surface area contributed by atoms with Gasteiger partial charge in [0.1, 0.15) is 12.4 Å². The minimum Gasteiger partial charge on any atom is -0.339 e. The van der Waals surface area contributed by atoms with Crippen LogP contribution >= 0.6 is 0 Å². The number of nitrogens with two attached hydrogens (primary N) is 1. The number of H-pyrrole nitrogens is 1. The van der Waals surface area contributed by atoms with Gasteiger partial charge in [-0.05, 0) is 6.07 Å². The molecule has 3 aromatic rings. The van der Waals surface area contributed by atoms with E-state index < -0.39 is 0 Å². The Morgan fingerprint density at radius 3 is 3.12 bits per heavy atom. The molecule has 0 aliphatic carbocycles. The molecule has 0 amide bonds. The summed E-state index contributed by atoms with van der Waals surface area (Å²) >= 11 is 0. The molecule has 3 heterocycles. The number of aromatic amines is 1. The fourth-order valence-corrected chi connectivity index (χ4v) is 1.65. The summed E-state index contributed by atoms with van der Waals surface area (Å²) < 4.78 is 1.70. The van der Waals surface area contributed by atoms with Crippen molar-refractivity contribution in [3.8, 4) is 0 Å². The van der Waals surface area contributed by atoms with Crippen LogP contribution in [0.4, 0.5) is 0 Å². The molecule has 0 fully saturated rings. The Morgan fingerprint density at radius 1 is 1.41 bits per heavy atom. The van der Waals surface area contributed by atoms with Crippen molar-refractivity contribution in [2.45, 2.75) is 13.1 Å². The van der Waals surface area contributed by atoms with Gasteiger partial charge >= 0.3 is 0 Å². The predicted octanol–water partition coefficient (Wildman–Crippen LogP) is 0.0564. The number of hydrogen-bond acceptors (Lipinski definition) is 5. The molecule has 0 unspecified atom stereocenters. The van der Waals surface area contributed by atoms with Gasteiger partial charge in [-0.15, -0.1) is 5.10 Å². The van der Waals surface area contributed by atoms with Gasteiger partial charge in [0.25, 0.3) is 0 Å². The van der Waals surface area contributed by atoms with E-state index in [1.165, 1.54) is 0 Å². The zero-order chi connectivity index (χ0) is 11.7. The van der Waals surface area contributed by atoms with Crippen LogP contribution < -0.4 is 5.73 Å². The summed E-state index contributed by atoms with van der Waals surface area (Å²) in [4.78, 5) is 11.6. The smallest absolute Gasteiger partial charge is 0.129 e. The van der Waals surface area contributed by atoms with E-state index >= 15 is 0 Å². The molecule has 3 N–H and O–H groups in total. The van der Waals surface area contributed by atoms with Gasteiger partial charge in [-0.25, -0.2) is 9.67 Å². The standard InChI is InChI=1S/C10H11N7/c11-3-7-5-17(16-15-7)6-10-13-8-1-2-12-4-9(8)14-10/h1-2,4-5H,3,6,11H2,(H,13,14). The molecule has 7 heteroatoms. The first kappa shape index (κ1) is 9.91. The summed E-state index contributed by atoms with van der Waals surface area (Å²) in [6, 6.07) is 1.86. The van der Waals surface area contributed by atoms with E-state index in [-0.39, 0.29) is 0 Å². The van der Waals surface area contributed by atoms with Gasteiger partial charge in [-0.2, -0.15) is 0 Å². The third-order valence-corrected chi connectivity index (χ3v) is 2.44. The number of nitrogens with one attached hydrogen (secondary N) is 1. The minimum absolute atomic E-state index is 0.393. The predicted molar refractivity (Wildman–Crippen MR) is 60.9 cm³/mol. The Kier molecular flexibility index (Phi) is 2.30. The Morgan fingerprint density at radius 2 is 2.35 bits per heavy atom. The molecule has 0 saturated carbocycles. The van der Waals surface area contributed by atoms with Crippen molar-refractivity contribution in [2.24, 2.45) is 5.73 Å². The normalized spacial score (nSPS) is 11.1. The van der Waals surface area contributed by atoms with Crippen LogP contribution in [0.2, 0.25) is 0 Å². The fraction of sp³-hybridized carbons (Fsp3) is 0.200. The van der Waals surface area contributed by atoms with E-state index in [9.17, 15) is 0 Å². The first-order chi connectivity index (χ1) is 8.35. The average molecular weight is 229 g/mol. The monoisotopic (exact) mass is 229 g/mol. The molecule has 0 bridgehead atoms. The molecule has 3 aromatic heterocycles. The molecule has 0 saturated heterocycles. The van der Waals surface area contributed by atoms with Gasteiger partial charge in [0.05, 0.1) is 29.1 Å². The molecule has 0 aromatic carbocycles. The number of pyridine rings is 1. The van der Waals surface area contributed by atoms with E-state index in [2.05, 4.69) is 25.3 Å². The lowest BCUT2D eigenvalue weighted by molar-refractivity contribution is 0.630. The van der Waals surface area contributed by atoms with Gasteiger partial charge in [0.15, 0.2) is 0 Å². The topological polar surface area (TPSA) is 98.3 Å². The van der Waals surface area contributed by atoms with Crippen LogP contribution in [0.15, 0.2) is 24.7 Å². The lowest BCUT2D eigenvalue weighted by Gasteiger charge is -1.94. The largest absolute Gasteiger partial charge is 0.339 e. The fourth-order valence-electron chi connectivity index (χ4n) is 1.65. The maximum Gasteiger partial charge on any atom is 0.129 e. The molecule has 86 valence electrons. The van der Waals surface area contributed by atoms with Crippen LogP contribution in [0.3, 0.4) is 0 Å². The Balaban J connectivity index is 1.89. The highest BCUT2D eigenvalue weighted by Crippen LogP contribution is 2.09. The van der Waals surface area contributed by atoms with Crippen molar-refractivity contribution in [3.63, 3.8) is 0 Å². The third kappa shape index (κ3) is 1.87. The summed E-state index contributed by atoms with van der Waals surface area (Å²) in [5.74, 6) is 0.821. The Bertz CT molecular complexity index is 606. The van der Waals surface area contributed by atoms with Crippen molar-refractivity contribution in [2.75, 3.05) is 0 Å². The van der Waals surface area contributed by atoms with E-state index in [0.717, 1.165) is 22.6 Å². The van der Waals surface area contributed by atoms with Gasteiger partial charge < -0.3 is 10.7 Å². The van der Waals surface area contributed by atoms with Gasteiger partial charge in [-0.1, -0.05) is 5.21 Å². The number of aromatic nitrogens is 6. The molecule has 0 radical (unpaired) electrons. The van der Waals surface area contributed by atoms with Crippen LogP contribution in [0.1, 0.15) is 11.5 Å². The number of fused-ring (bicyclic) bond motifs is 1. The van der Waals surface area contributed by atoms with Gasteiger partial charge in [0.2, 0.25) is 0 Å². The quantitative estimate of drug-likeness (QED) is 0.661. The summed E-state index contributed by atoms with van der Waals surface area (Å²) in [6.07, 6.45) is 5.28. The second-order valence-corrected chi connectivity index (χ2v) is 3.69. The van der Waals surface area contributed by atoms with Gasteiger partial charge in [0, 0.05) is 12.7 Å². The molecular weight excluding hydrogens is 218 g/mol. The molecular formula is C10H11N7. The zero-order valence-corrected chi connectivity index (χ0v) is 9.04.